The van der Waals surface area contributed by atoms with Crippen molar-refractivity contribution >= 4 is 6.21 Å². The Morgan fingerprint density at radius 1 is 1.78 bits per heavy atom. The van der Waals surface area contributed by atoms with Gasteiger partial charge in [-0.25, -0.2) is 0 Å². The van der Waals surface area contributed by atoms with Gasteiger partial charge in [-0.15, -0.1) is 6.42 Å². The van der Waals surface area contributed by atoms with E-state index in [-0.39, 0.29) is 5.57 Å². The van der Waals surface area contributed by atoms with Crippen LogP contribution < -0.4 is 0 Å². The van der Waals surface area contributed by atoms with E-state index >= 15 is 0 Å². The Morgan fingerprint density at radius 2 is 2.44 bits per heavy atom. The van der Waals surface area contributed by atoms with Crippen molar-refractivity contribution in [2.24, 2.45) is 4.99 Å². The van der Waals surface area contributed by atoms with Gasteiger partial charge in [-0.05, 0) is 6.92 Å². The first-order chi connectivity index (χ1) is 4.35. The second-order valence-electron chi connectivity index (χ2n) is 1.21. The van der Waals surface area contributed by atoms with E-state index in [4.69, 9.17) is 11.7 Å². The molecule has 0 bridgehead atoms. The molecule has 0 unspecified atom stereocenters. The van der Waals surface area contributed by atoms with E-state index in [2.05, 4.69) is 10.9 Å². The van der Waals surface area contributed by atoms with Gasteiger partial charge in [0.05, 0.1) is 6.20 Å². The Balaban J connectivity index is 4.18. The fraction of sp³-hybridized carbons (Fsp3) is 0.143. The molecule has 0 radical (unpaired) electrons. The lowest BCUT2D eigenvalue weighted by Crippen LogP contribution is -1.67. The van der Waals surface area contributed by atoms with Gasteiger partial charge >= 0.3 is 0 Å². The Kier molecular flexibility index (Phi) is 3.83. The van der Waals surface area contributed by atoms with Crippen molar-refractivity contribution in [2.45, 2.75) is 6.92 Å². The van der Waals surface area contributed by atoms with E-state index < -0.39 is 0 Å². The predicted octanol–water partition coefficient (Wildman–Crippen LogP) is 1.12. The lowest BCUT2D eigenvalue weighted by Gasteiger charge is -1.75. The largest absolute Gasteiger partial charge is 0.267 e. The molecule has 0 aromatic heterocycles. The molecule has 0 heterocycles. The summed E-state index contributed by atoms with van der Waals surface area (Å²) in [6.07, 6.45) is 7.82. The first-order valence-corrected chi connectivity index (χ1v) is 2.39. The van der Waals surface area contributed by atoms with Gasteiger partial charge in [-0.2, -0.15) is 5.26 Å². The topological polar surface area (TPSA) is 36.1 Å². The van der Waals surface area contributed by atoms with Crippen molar-refractivity contribution in [2.75, 3.05) is 0 Å². The zero-order valence-electron chi connectivity index (χ0n) is 5.13. The van der Waals surface area contributed by atoms with Gasteiger partial charge in [0.1, 0.15) is 11.6 Å². The standard InChI is InChI=1S/C7H6N2/c1-3-7(5-8)6-9-4-2/h1,4,6H,2H3/b7-6+,9-4?. The maximum absolute atomic E-state index is 8.22. The lowest BCUT2D eigenvalue weighted by atomic mass is 10.3. The van der Waals surface area contributed by atoms with Gasteiger partial charge in [-0.3, -0.25) is 4.99 Å². The number of nitrogens with zero attached hydrogens (tertiary/aromatic N) is 2. The van der Waals surface area contributed by atoms with E-state index in [1.54, 1.807) is 19.2 Å². The molecule has 0 atom stereocenters. The van der Waals surface area contributed by atoms with Crippen molar-refractivity contribution in [3.05, 3.63) is 11.8 Å². The first-order valence-electron chi connectivity index (χ1n) is 2.39. The second-order valence-corrected chi connectivity index (χ2v) is 1.21. The normalized spacial score (nSPS) is 10.8. The average molecular weight is 118 g/mol. The zero-order valence-corrected chi connectivity index (χ0v) is 5.13. The maximum atomic E-state index is 8.22. The van der Waals surface area contributed by atoms with Gasteiger partial charge in [0.15, 0.2) is 0 Å². The van der Waals surface area contributed by atoms with Crippen LogP contribution in [-0.4, -0.2) is 6.21 Å². The van der Waals surface area contributed by atoms with Crippen LogP contribution in [0.2, 0.25) is 0 Å². The molecule has 0 saturated heterocycles. The molecule has 0 N–H and O–H groups in total. The number of rotatable bonds is 1. The average Bonchev–Trinajstić information content (AvgIpc) is 1.91. The monoisotopic (exact) mass is 118 g/mol. The molecule has 2 nitrogen and oxygen atoms in total. The van der Waals surface area contributed by atoms with Crippen molar-refractivity contribution < 1.29 is 0 Å². The quantitative estimate of drug-likeness (QED) is 0.288. The fourth-order valence-corrected chi connectivity index (χ4v) is 0.247. The summed E-state index contributed by atoms with van der Waals surface area (Å²) in [6.45, 7) is 1.75. The highest BCUT2D eigenvalue weighted by molar-refractivity contribution is 5.55. The fourth-order valence-electron chi connectivity index (χ4n) is 0.247. The number of allylic oxidation sites excluding steroid dienone is 1. The second kappa shape index (κ2) is 4.61. The summed E-state index contributed by atoms with van der Waals surface area (Å²) in [7, 11) is 0. The Hall–Kier alpha value is -1.54. The van der Waals surface area contributed by atoms with E-state index in [1.807, 2.05) is 0 Å². The molecule has 0 rings (SSSR count). The highest BCUT2D eigenvalue weighted by Crippen LogP contribution is 1.87. The minimum atomic E-state index is 0.244. The van der Waals surface area contributed by atoms with E-state index in [9.17, 15) is 0 Å². The summed E-state index contributed by atoms with van der Waals surface area (Å²) in [5, 5.41) is 8.22. The lowest BCUT2D eigenvalue weighted by molar-refractivity contribution is 1.47. The molecule has 0 aliphatic carbocycles. The zero-order chi connectivity index (χ0) is 7.11. The number of aliphatic imine (C=N–C) groups is 1. The molecule has 0 fully saturated rings. The molecule has 9 heavy (non-hydrogen) atoms. The predicted molar refractivity (Wildman–Crippen MR) is 36.7 cm³/mol. The van der Waals surface area contributed by atoms with Gasteiger partial charge in [0.25, 0.3) is 0 Å². The van der Waals surface area contributed by atoms with Crippen LogP contribution in [0.5, 0.6) is 0 Å². The summed E-state index contributed by atoms with van der Waals surface area (Å²) in [5.74, 6) is 2.17. The van der Waals surface area contributed by atoms with E-state index in [1.165, 1.54) is 6.20 Å². The molecule has 0 saturated carbocycles. The van der Waals surface area contributed by atoms with Crippen molar-refractivity contribution in [1.29, 1.82) is 5.26 Å². The molecule has 0 aromatic rings. The third kappa shape index (κ3) is 3.08. The molecule has 0 spiro atoms. The minimum Gasteiger partial charge on any atom is -0.267 e. The summed E-state index contributed by atoms with van der Waals surface area (Å²) in [6, 6.07) is 1.80. The summed E-state index contributed by atoms with van der Waals surface area (Å²) >= 11 is 0. The molecule has 0 aliphatic heterocycles. The minimum absolute atomic E-state index is 0.244. The molecule has 0 amide bonds. The highest BCUT2D eigenvalue weighted by atomic mass is 14.7. The van der Waals surface area contributed by atoms with Crippen LogP contribution in [0.15, 0.2) is 16.8 Å². The number of hydrogen-bond acceptors (Lipinski definition) is 2. The van der Waals surface area contributed by atoms with Crippen LogP contribution in [0, 0.1) is 23.7 Å². The van der Waals surface area contributed by atoms with Crippen LogP contribution in [0.4, 0.5) is 0 Å². The van der Waals surface area contributed by atoms with Gasteiger partial charge < -0.3 is 0 Å². The molecule has 0 aliphatic rings. The van der Waals surface area contributed by atoms with Crippen LogP contribution >= 0.6 is 0 Å². The van der Waals surface area contributed by atoms with Gasteiger partial charge in [0, 0.05) is 6.21 Å². The Bertz CT molecular complexity index is 194. The van der Waals surface area contributed by atoms with Crippen LogP contribution in [0.3, 0.4) is 0 Å². The van der Waals surface area contributed by atoms with Crippen LogP contribution in [-0.2, 0) is 0 Å². The summed E-state index contributed by atoms with van der Waals surface area (Å²) < 4.78 is 0. The molecule has 44 valence electrons. The van der Waals surface area contributed by atoms with Crippen molar-refractivity contribution in [3.63, 3.8) is 0 Å². The summed E-state index contributed by atoms with van der Waals surface area (Å²) in [4.78, 5) is 3.66. The number of terminal acetylenes is 1. The third-order valence-corrected chi connectivity index (χ3v) is 0.629. The Labute approximate surface area is 54.5 Å². The smallest absolute Gasteiger partial charge is 0.120 e. The van der Waals surface area contributed by atoms with Crippen LogP contribution in [0.25, 0.3) is 0 Å². The first kappa shape index (κ1) is 7.46. The maximum Gasteiger partial charge on any atom is 0.120 e. The molecular formula is C7H6N2. The van der Waals surface area contributed by atoms with Gasteiger partial charge in [0.2, 0.25) is 0 Å². The molecule has 0 aromatic carbocycles. The van der Waals surface area contributed by atoms with E-state index in [0.29, 0.717) is 0 Å². The highest BCUT2D eigenvalue weighted by Gasteiger charge is 1.81. The van der Waals surface area contributed by atoms with Crippen molar-refractivity contribution in [3.8, 4) is 18.4 Å². The SMILES string of the molecule is C#C/C(C#N)=C\N=CC. The number of nitriles is 1. The van der Waals surface area contributed by atoms with Gasteiger partial charge in [-0.1, -0.05) is 5.92 Å². The third-order valence-electron chi connectivity index (χ3n) is 0.629. The molecule has 2 heteroatoms. The summed E-state index contributed by atoms with van der Waals surface area (Å²) in [5.41, 5.74) is 0.244. The van der Waals surface area contributed by atoms with Crippen molar-refractivity contribution in [1.82, 2.24) is 0 Å². The van der Waals surface area contributed by atoms with E-state index in [0.717, 1.165) is 0 Å². The van der Waals surface area contributed by atoms with Crippen LogP contribution in [0.1, 0.15) is 6.92 Å². The Morgan fingerprint density at radius 3 is 2.78 bits per heavy atom. The number of hydrogen-bond donors (Lipinski definition) is 0. The molecular weight excluding hydrogens is 112 g/mol.